The number of ketones is 1. The fourth-order valence-corrected chi connectivity index (χ4v) is 1.48. The predicted molar refractivity (Wildman–Crippen MR) is 48.0 cm³/mol. The molecule has 12 heavy (non-hydrogen) atoms. The van der Waals surface area contributed by atoms with Crippen molar-refractivity contribution < 1.29 is 9.53 Å². The minimum absolute atomic E-state index is 0.172. The Hall–Kier alpha value is -0.370. The average Bonchev–Trinajstić information content (AvgIpc) is 2.03. The molecule has 1 aliphatic rings. The third kappa shape index (κ3) is 2.31. The van der Waals surface area contributed by atoms with Crippen molar-refractivity contribution in [1.29, 1.82) is 0 Å². The molecule has 70 valence electrons. The standard InChI is InChI=1S/C10H18O2/c1-7(2)8(3)10-6-9(11)4-5-12-10/h7-8,10H,4-6H2,1-3H3. The van der Waals surface area contributed by atoms with E-state index < -0.39 is 0 Å². The number of Topliss-reactive ketones (excluding diaryl/α,β-unsaturated/α-hetero) is 1. The van der Waals surface area contributed by atoms with Crippen LogP contribution < -0.4 is 0 Å². The van der Waals surface area contributed by atoms with Crippen molar-refractivity contribution in [3.63, 3.8) is 0 Å². The van der Waals surface area contributed by atoms with E-state index in [-0.39, 0.29) is 6.10 Å². The second-order valence-corrected chi connectivity index (χ2v) is 4.01. The van der Waals surface area contributed by atoms with E-state index in [0.717, 1.165) is 0 Å². The lowest BCUT2D eigenvalue weighted by Crippen LogP contribution is -2.33. The zero-order chi connectivity index (χ0) is 9.14. The quantitative estimate of drug-likeness (QED) is 0.633. The molecule has 0 aromatic carbocycles. The summed E-state index contributed by atoms with van der Waals surface area (Å²) < 4.78 is 5.55. The van der Waals surface area contributed by atoms with E-state index in [0.29, 0.717) is 37.1 Å². The van der Waals surface area contributed by atoms with Crippen LogP contribution in [-0.2, 0) is 9.53 Å². The van der Waals surface area contributed by atoms with Gasteiger partial charge in [0.1, 0.15) is 5.78 Å². The summed E-state index contributed by atoms with van der Waals surface area (Å²) in [6, 6.07) is 0. The Morgan fingerprint density at radius 2 is 2.08 bits per heavy atom. The fraction of sp³-hybridized carbons (Fsp3) is 0.900. The molecule has 0 N–H and O–H groups in total. The van der Waals surface area contributed by atoms with E-state index in [1.807, 2.05) is 0 Å². The molecule has 0 bridgehead atoms. The zero-order valence-corrected chi connectivity index (χ0v) is 8.17. The van der Waals surface area contributed by atoms with Gasteiger partial charge in [0.25, 0.3) is 0 Å². The van der Waals surface area contributed by atoms with Crippen molar-refractivity contribution >= 4 is 5.78 Å². The zero-order valence-electron chi connectivity index (χ0n) is 8.17. The second kappa shape index (κ2) is 4.04. The maximum atomic E-state index is 11.1. The highest BCUT2D eigenvalue weighted by atomic mass is 16.5. The lowest BCUT2D eigenvalue weighted by Gasteiger charge is -2.29. The van der Waals surface area contributed by atoms with Gasteiger partial charge in [0.05, 0.1) is 12.7 Å². The molecule has 0 saturated carbocycles. The molecule has 0 aromatic heterocycles. The largest absolute Gasteiger partial charge is 0.377 e. The topological polar surface area (TPSA) is 26.3 Å². The average molecular weight is 170 g/mol. The molecular formula is C10H18O2. The van der Waals surface area contributed by atoms with Crippen LogP contribution in [0.25, 0.3) is 0 Å². The maximum Gasteiger partial charge on any atom is 0.137 e. The molecule has 0 spiro atoms. The third-order valence-corrected chi connectivity index (χ3v) is 2.78. The van der Waals surface area contributed by atoms with Gasteiger partial charge in [-0.25, -0.2) is 0 Å². The van der Waals surface area contributed by atoms with Crippen LogP contribution in [0.2, 0.25) is 0 Å². The number of rotatable bonds is 2. The van der Waals surface area contributed by atoms with Crippen molar-refractivity contribution in [2.45, 2.75) is 39.7 Å². The predicted octanol–water partition coefficient (Wildman–Crippen LogP) is 2.03. The molecule has 1 fully saturated rings. The van der Waals surface area contributed by atoms with Gasteiger partial charge in [-0.2, -0.15) is 0 Å². The summed E-state index contributed by atoms with van der Waals surface area (Å²) in [5.74, 6) is 1.45. The molecule has 1 heterocycles. The van der Waals surface area contributed by atoms with Gasteiger partial charge < -0.3 is 4.74 Å². The summed E-state index contributed by atoms with van der Waals surface area (Å²) >= 11 is 0. The van der Waals surface area contributed by atoms with Crippen LogP contribution in [0.5, 0.6) is 0 Å². The van der Waals surface area contributed by atoms with Crippen molar-refractivity contribution in [3.05, 3.63) is 0 Å². The summed E-state index contributed by atoms with van der Waals surface area (Å²) in [4.78, 5) is 11.1. The molecule has 1 saturated heterocycles. The number of hydrogen-bond acceptors (Lipinski definition) is 2. The minimum Gasteiger partial charge on any atom is -0.377 e. The van der Waals surface area contributed by atoms with E-state index >= 15 is 0 Å². The second-order valence-electron chi connectivity index (χ2n) is 4.01. The smallest absolute Gasteiger partial charge is 0.137 e. The first-order chi connectivity index (χ1) is 5.61. The highest BCUT2D eigenvalue weighted by Gasteiger charge is 2.26. The Morgan fingerprint density at radius 3 is 2.58 bits per heavy atom. The molecule has 1 rings (SSSR count). The van der Waals surface area contributed by atoms with Crippen LogP contribution in [0.1, 0.15) is 33.6 Å². The lowest BCUT2D eigenvalue weighted by atomic mass is 9.88. The van der Waals surface area contributed by atoms with Crippen molar-refractivity contribution in [2.75, 3.05) is 6.61 Å². The Morgan fingerprint density at radius 1 is 1.42 bits per heavy atom. The molecule has 1 aliphatic heterocycles. The third-order valence-electron chi connectivity index (χ3n) is 2.78. The Bertz CT molecular complexity index is 163. The summed E-state index contributed by atoms with van der Waals surface area (Å²) in [5, 5.41) is 0. The molecule has 2 unspecified atom stereocenters. The van der Waals surface area contributed by atoms with Crippen molar-refractivity contribution in [2.24, 2.45) is 11.8 Å². The van der Waals surface area contributed by atoms with Crippen molar-refractivity contribution in [1.82, 2.24) is 0 Å². The van der Waals surface area contributed by atoms with Gasteiger partial charge >= 0.3 is 0 Å². The summed E-state index contributed by atoms with van der Waals surface area (Å²) in [6.45, 7) is 7.13. The van der Waals surface area contributed by atoms with Gasteiger partial charge in [0.2, 0.25) is 0 Å². The summed E-state index contributed by atoms with van der Waals surface area (Å²) in [7, 11) is 0. The molecule has 0 amide bonds. The molecule has 2 nitrogen and oxygen atoms in total. The van der Waals surface area contributed by atoms with Gasteiger partial charge in [-0.05, 0) is 11.8 Å². The van der Waals surface area contributed by atoms with E-state index in [9.17, 15) is 4.79 Å². The van der Waals surface area contributed by atoms with Crippen LogP contribution in [0, 0.1) is 11.8 Å². The number of carbonyl (C=O) groups is 1. The molecule has 0 aromatic rings. The fourth-order valence-electron chi connectivity index (χ4n) is 1.48. The van der Waals surface area contributed by atoms with Gasteiger partial charge in [0.15, 0.2) is 0 Å². The first-order valence-electron chi connectivity index (χ1n) is 4.74. The first kappa shape index (κ1) is 9.72. The maximum absolute atomic E-state index is 11.1. The SMILES string of the molecule is CC(C)C(C)C1CC(=O)CCO1. The molecule has 2 heteroatoms. The van der Waals surface area contributed by atoms with E-state index in [4.69, 9.17) is 4.74 Å². The molecule has 0 aliphatic carbocycles. The van der Waals surface area contributed by atoms with Crippen LogP contribution in [-0.4, -0.2) is 18.5 Å². The highest BCUT2D eigenvalue weighted by molar-refractivity contribution is 5.79. The Kier molecular flexibility index (Phi) is 3.27. The summed E-state index contributed by atoms with van der Waals surface area (Å²) in [5.41, 5.74) is 0. The number of carbonyl (C=O) groups excluding carboxylic acids is 1. The summed E-state index contributed by atoms with van der Waals surface area (Å²) in [6.07, 6.45) is 1.41. The lowest BCUT2D eigenvalue weighted by molar-refractivity contribution is -0.131. The molecular weight excluding hydrogens is 152 g/mol. The Balaban J connectivity index is 2.45. The first-order valence-corrected chi connectivity index (χ1v) is 4.74. The van der Waals surface area contributed by atoms with E-state index in [2.05, 4.69) is 20.8 Å². The normalized spacial score (nSPS) is 27.7. The van der Waals surface area contributed by atoms with Crippen molar-refractivity contribution in [3.8, 4) is 0 Å². The van der Waals surface area contributed by atoms with Gasteiger partial charge in [-0.1, -0.05) is 20.8 Å². The highest BCUT2D eigenvalue weighted by Crippen LogP contribution is 2.23. The van der Waals surface area contributed by atoms with E-state index in [1.54, 1.807) is 0 Å². The van der Waals surface area contributed by atoms with Gasteiger partial charge in [-0.3, -0.25) is 4.79 Å². The minimum atomic E-state index is 0.172. The van der Waals surface area contributed by atoms with Crippen LogP contribution >= 0.6 is 0 Å². The number of hydrogen-bond donors (Lipinski definition) is 0. The monoisotopic (exact) mass is 170 g/mol. The van der Waals surface area contributed by atoms with Gasteiger partial charge in [-0.15, -0.1) is 0 Å². The van der Waals surface area contributed by atoms with Crippen LogP contribution in [0.4, 0.5) is 0 Å². The van der Waals surface area contributed by atoms with Crippen LogP contribution in [0.15, 0.2) is 0 Å². The van der Waals surface area contributed by atoms with Gasteiger partial charge in [0, 0.05) is 12.8 Å². The van der Waals surface area contributed by atoms with Crippen LogP contribution in [0.3, 0.4) is 0 Å². The Labute approximate surface area is 74.3 Å². The molecule has 2 atom stereocenters. The van der Waals surface area contributed by atoms with E-state index in [1.165, 1.54) is 0 Å². The number of ether oxygens (including phenoxy) is 1. The molecule has 0 radical (unpaired) electrons.